The van der Waals surface area contributed by atoms with Gasteiger partial charge in [-0.3, -0.25) is 0 Å². The first-order chi connectivity index (χ1) is 12.8. The van der Waals surface area contributed by atoms with Crippen molar-refractivity contribution in [3.8, 4) is 0 Å². The molecule has 2 aromatic carbocycles. The Labute approximate surface area is 167 Å². The van der Waals surface area contributed by atoms with Crippen LogP contribution in [0.2, 0.25) is 6.32 Å². The van der Waals surface area contributed by atoms with Crippen LogP contribution in [0.5, 0.6) is 0 Å². The molecule has 0 N–H and O–H groups in total. The molecule has 3 rings (SSSR count). The summed E-state index contributed by atoms with van der Waals surface area (Å²) in [6.45, 7) is 16.7. The zero-order chi connectivity index (χ0) is 19.7. The van der Waals surface area contributed by atoms with E-state index in [1.165, 1.54) is 65.4 Å². The predicted octanol–water partition coefficient (Wildman–Crippen LogP) is 5.97. The second-order valence-electron chi connectivity index (χ2n) is 9.27. The van der Waals surface area contributed by atoms with Gasteiger partial charge in [-0.25, -0.2) is 0 Å². The van der Waals surface area contributed by atoms with Crippen LogP contribution in [0.4, 0.5) is 0 Å². The molecule has 0 aromatic heterocycles. The van der Waals surface area contributed by atoms with E-state index in [0.29, 0.717) is 6.71 Å². The Morgan fingerprint density at radius 3 is 1.52 bits per heavy atom. The first-order valence-corrected chi connectivity index (χ1v) is 11.0. The van der Waals surface area contributed by atoms with Gasteiger partial charge in [0.15, 0.2) is 0 Å². The van der Waals surface area contributed by atoms with Crippen LogP contribution in [0.3, 0.4) is 0 Å². The molecule has 2 unspecified atom stereocenters. The Kier molecular flexibility index (Phi) is 6.19. The molecule has 2 atom stereocenters. The van der Waals surface area contributed by atoms with E-state index in [1.807, 2.05) is 0 Å². The second-order valence-corrected chi connectivity index (χ2v) is 9.27. The molecule has 0 nitrogen and oxygen atoms in total. The van der Waals surface area contributed by atoms with Crippen LogP contribution >= 0.6 is 0 Å². The molecule has 0 amide bonds. The second kappa shape index (κ2) is 8.25. The molecule has 0 bridgehead atoms. The summed E-state index contributed by atoms with van der Waals surface area (Å²) in [6.07, 6.45) is 6.94. The smallest absolute Gasteiger partial charge is 0.0684 e. The summed E-state index contributed by atoms with van der Waals surface area (Å²) in [5.74, 6) is 1.80. The van der Waals surface area contributed by atoms with Crippen LogP contribution in [0.1, 0.15) is 66.0 Å². The highest BCUT2D eigenvalue weighted by molar-refractivity contribution is 6.86. The molecule has 1 aliphatic carbocycles. The van der Waals surface area contributed by atoms with Crippen molar-refractivity contribution in [1.29, 1.82) is 0 Å². The van der Waals surface area contributed by atoms with E-state index in [0.717, 1.165) is 11.8 Å². The molecule has 0 radical (unpaired) electrons. The van der Waals surface area contributed by atoms with Gasteiger partial charge < -0.3 is 0 Å². The molecule has 27 heavy (non-hydrogen) atoms. The topological polar surface area (TPSA) is 0 Å². The summed E-state index contributed by atoms with van der Waals surface area (Å²) < 4.78 is 0. The highest BCUT2D eigenvalue weighted by Gasteiger charge is 2.33. The third kappa shape index (κ3) is 4.18. The maximum absolute atomic E-state index is 2.39. The number of aryl methyl sites for hydroxylation is 6. The van der Waals surface area contributed by atoms with Gasteiger partial charge in [-0.2, -0.15) is 0 Å². The van der Waals surface area contributed by atoms with Gasteiger partial charge in [-0.1, -0.05) is 107 Å². The van der Waals surface area contributed by atoms with Gasteiger partial charge in [-0.15, -0.1) is 0 Å². The Balaban J connectivity index is 2.13. The van der Waals surface area contributed by atoms with Gasteiger partial charge in [0.2, 0.25) is 6.71 Å². The SMILES string of the molecule is CCC1CCCC1CB(c1c(C)cc(C)cc1C)c1c(C)cc(C)cc1C. The van der Waals surface area contributed by atoms with Crippen molar-refractivity contribution >= 4 is 17.6 Å². The molecule has 1 saturated carbocycles. The van der Waals surface area contributed by atoms with Gasteiger partial charge in [0, 0.05) is 0 Å². The maximum atomic E-state index is 2.39. The fourth-order valence-corrected chi connectivity index (χ4v) is 6.13. The molecule has 1 aliphatic rings. The summed E-state index contributed by atoms with van der Waals surface area (Å²) in [6, 6.07) is 9.56. The van der Waals surface area contributed by atoms with Gasteiger partial charge in [0.05, 0.1) is 0 Å². The number of rotatable bonds is 5. The molecule has 1 fully saturated rings. The lowest BCUT2D eigenvalue weighted by Gasteiger charge is -2.28. The molecule has 0 spiro atoms. The lowest BCUT2D eigenvalue weighted by molar-refractivity contribution is 0.406. The van der Waals surface area contributed by atoms with Crippen molar-refractivity contribution in [2.75, 3.05) is 0 Å². The quantitative estimate of drug-likeness (QED) is 0.576. The third-order valence-electron chi connectivity index (χ3n) is 7.05. The Morgan fingerprint density at radius 1 is 0.704 bits per heavy atom. The van der Waals surface area contributed by atoms with Crippen LogP contribution in [-0.2, 0) is 0 Å². The van der Waals surface area contributed by atoms with E-state index >= 15 is 0 Å². The van der Waals surface area contributed by atoms with E-state index in [9.17, 15) is 0 Å². The van der Waals surface area contributed by atoms with Crippen molar-refractivity contribution in [3.05, 3.63) is 57.6 Å². The number of hydrogen-bond acceptors (Lipinski definition) is 0. The van der Waals surface area contributed by atoms with Crippen LogP contribution in [0.25, 0.3) is 0 Å². The fourth-order valence-electron chi connectivity index (χ4n) is 6.13. The number of benzene rings is 2. The van der Waals surface area contributed by atoms with E-state index in [4.69, 9.17) is 0 Å². The molecular formula is C26H37B. The molecule has 0 aliphatic heterocycles. The highest BCUT2D eigenvalue weighted by Crippen LogP contribution is 2.37. The van der Waals surface area contributed by atoms with Crippen LogP contribution < -0.4 is 10.9 Å². The summed E-state index contributed by atoms with van der Waals surface area (Å²) >= 11 is 0. The van der Waals surface area contributed by atoms with Crippen molar-refractivity contribution in [2.24, 2.45) is 11.8 Å². The minimum atomic E-state index is 0.531. The monoisotopic (exact) mass is 360 g/mol. The minimum absolute atomic E-state index is 0.531. The first-order valence-electron chi connectivity index (χ1n) is 11.0. The third-order valence-corrected chi connectivity index (χ3v) is 7.05. The average Bonchev–Trinajstić information content (AvgIpc) is 3.00. The van der Waals surface area contributed by atoms with E-state index in [-0.39, 0.29) is 0 Å². The van der Waals surface area contributed by atoms with Crippen LogP contribution in [-0.4, -0.2) is 6.71 Å². The van der Waals surface area contributed by atoms with Gasteiger partial charge in [0.1, 0.15) is 0 Å². The molecule has 0 heterocycles. The van der Waals surface area contributed by atoms with Crippen molar-refractivity contribution < 1.29 is 0 Å². The highest BCUT2D eigenvalue weighted by atomic mass is 14.3. The Hall–Kier alpha value is -1.50. The van der Waals surface area contributed by atoms with E-state index < -0.39 is 0 Å². The summed E-state index contributed by atoms with van der Waals surface area (Å²) in [5, 5.41) is 0. The summed E-state index contributed by atoms with van der Waals surface area (Å²) in [5.41, 5.74) is 11.9. The normalized spacial score (nSPS) is 19.5. The van der Waals surface area contributed by atoms with Crippen molar-refractivity contribution in [1.82, 2.24) is 0 Å². The summed E-state index contributed by atoms with van der Waals surface area (Å²) in [4.78, 5) is 0. The summed E-state index contributed by atoms with van der Waals surface area (Å²) in [7, 11) is 0. The fraction of sp³-hybridized carbons (Fsp3) is 0.538. The van der Waals surface area contributed by atoms with E-state index in [1.54, 1.807) is 10.9 Å². The molecule has 144 valence electrons. The Bertz CT molecular complexity index is 713. The molecule has 2 aromatic rings. The molecule has 1 heteroatoms. The molecule has 0 saturated heterocycles. The maximum Gasteiger partial charge on any atom is 0.210 e. The zero-order valence-electron chi connectivity index (χ0n) is 18.6. The van der Waals surface area contributed by atoms with E-state index in [2.05, 4.69) is 72.7 Å². The van der Waals surface area contributed by atoms with Gasteiger partial charge in [-0.05, 0) is 53.4 Å². The molecular weight excluding hydrogens is 323 g/mol. The lowest BCUT2D eigenvalue weighted by atomic mass is 9.34. The van der Waals surface area contributed by atoms with Crippen molar-refractivity contribution in [3.63, 3.8) is 0 Å². The minimum Gasteiger partial charge on any atom is -0.0684 e. The lowest BCUT2D eigenvalue weighted by Crippen LogP contribution is -2.48. The first kappa shape index (κ1) is 20.2. The van der Waals surface area contributed by atoms with Crippen LogP contribution in [0.15, 0.2) is 24.3 Å². The predicted molar refractivity (Wildman–Crippen MR) is 122 cm³/mol. The standard InChI is InChI=1S/C26H37B/c1-8-23-10-9-11-24(23)16-27(25-19(4)12-17(2)13-20(25)5)26-21(6)14-18(3)15-22(26)7/h12-15,23-24H,8-11,16H2,1-7H3. The van der Waals surface area contributed by atoms with Gasteiger partial charge >= 0.3 is 0 Å². The largest absolute Gasteiger partial charge is 0.210 e. The average molecular weight is 360 g/mol. The zero-order valence-corrected chi connectivity index (χ0v) is 18.6. The Morgan fingerprint density at radius 2 is 1.11 bits per heavy atom. The van der Waals surface area contributed by atoms with Gasteiger partial charge in [0.25, 0.3) is 0 Å². The number of hydrogen-bond donors (Lipinski definition) is 0. The van der Waals surface area contributed by atoms with Crippen molar-refractivity contribution in [2.45, 2.75) is 80.5 Å². The van der Waals surface area contributed by atoms with Crippen LogP contribution in [0, 0.1) is 53.4 Å².